The molecule has 0 saturated heterocycles. The molecule has 92 valence electrons. The predicted octanol–water partition coefficient (Wildman–Crippen LogP) is 1.25. The van der Waals surface area contributed by atoms with Gasteiger partial charge in [-0.2, -0.15) is 0 Å². The number of hydrogen-bond donors (Lipinski definition) is 1. The molecule has 0 heterocycles. The number of carbonyl (C=O) groups is 2. The molecule has 0 fully saturated rings. The summed E-state index contributed by atoms with van der Waals surface area (Å²) in [6.07, 6.45) is 0.351. The van der Waals surface area contributed by atoms with Gasteiger partial charge in [-0.1, -0.05) is 37.3 Å². The topological polar surface area (TPSA) is 55.4 Å². The Morgan fingerprint density at radius 2 is 1.88 bits per heavy atom. The molecule has 0 bridgehead atoms. The number of rotatable bonds is 4. The molecule has 1 aromatic carbocycles. The van der Waals surface area contributed by atoms with Crippen LogP contribution < -0.4 is 5.32 Å². The largest absolute Gasteiger partial charge is 0.468 e. The van der Waals surface area contributed by atoms with Crippen LogP contribution in [0.4, 0.5) is 0 Å². The summed E-state index contributed by atoms with van der Waals surface area (Å²) >= 11 is 0. The number of carbonyl (C=O) groups excluding carboxylic acids is 2. The lowest BCUT2D eigenvalue weighted by Gasteiger charge is -2.28. The van der Waals surface area contributed by atoms with E-state index in [1.807, 2.05) is 6.07 Å². The Labute approximate surface area is 101 Å². The Morgan fingerprint density at radius 3 is 2.29 bits per heavy atom. The molecule has 0 aliphatic carbocycles. The summed E-state index contributed by atoms with van der Waals surface area (Å²) in [5.41, 5.74) is -0.612. The molecule has 0 aliphatic rings. The quantitative estimate of drug-likeness (QED) is 0.631. The van der Waals surface area contributed by atoms with Gasteiger partial charge in [-0.3, -0.25) is 9.59 Å². The minimum Gasteiger partial charge on any atom is -0.468 e. The third kappa shape index (κ3) is 2.16. The molecular formula is C13H17NO3. The summed E-state index contributed by atoms with van der Waals surface area (Å²) in [7, 11) is 2.80. The lowest BCUT2D eigenvalue weighted by Crippen LogP contribution is -2.49. The van der Waals surface area contributed by atoms with Crippen molar-refractivity contribution in [3.8, 4) is 0 Å². The van der Waals surface area contributed by atoms with E-state index in [4.69, 9.17) is 4.74 Å². The van der Waals surface area contributed by atoms with Crippen molar-refractivity contribution < 1.29 is 14.3 Å². The van der Waals surface area contributed by atoms with E-state index in [1.165, 1.54) is 14.2 Å². The first kappa shape index (κ1) is 13.2. The van der Waals surface area contributed by atoms with Crippen molar-refractivity contribution >= 4 is 11.9 Å². The maximum Gasteiger partial charge on any atom is 0.325 e. The lowest BCUT2D eigenvalue weighted by molar-refractivity contribution is -0.152. The smallest absolute Gasteiger partial charge is 0.325 e. The van der Waals surface area contributed by atoms with E-state index in [1.54, 1.807) is 31.2 Å². The van der Waals surface area contributed by atoms with E-state index >= 15 is 0 Å². The van der Waals surface area contributed by atoms with Crippen molar-refractivity contribution in [3.63, 3.8) is 0 Å². The second-order valence-corrected chi connectivity index (χ2v) is 3.70. The summed E-state index contributed by atoms with van der Waals surface area (Å²) < 4.78 is 4.78. The van der Waals surface area contributed by atoms with Crippen molar-refractivity contribution in [2.45, 2.75) is 18.8 Å². The fraction of sp³-hybridized carbons (Fsp3) is 0.385. The highest BCUT2D eigenvalue weighted by atomic mass is 16.5. The Hall–Kier alpha value is -1.84. The minimum absolute atomic E-state index is 0.349. The zero-order chi connectivity index (χ0) is 12.9. The third-order valence-electron chi connectivity index (χ3n) is 2.95. The second-order valence-electron chi connectivity index (χ2n) is 3.70. The molecule has 1 amide bonds. The maximum atomic E-state index is 12.1. The number of esters is 1. The van der Waals surface area contributed by atoms with Gasteiger partial charge in [0.15, 0.2) is 5.41 Å². The number of amides is 1. The number of ether oxygens (including phenoxy) is 1. The zero-order valence-corrected chi connectivity index (χ0v) is 10.3. The predicted molar refractivity (Wildman–Crippen MR) is 64.5 cm³/mol. The van der Waals surface area contributed by atoms with Gasteiger partial charge in [0, 0.05) is 7.05 Å². The number of likely N-dealkylation sites (N-methyl/N-ethyl adjacent to an activating group) is 1. The summed E-state index contributed by atoms with van der Waals surface area (Å²) in [4.78, 5) is 24.0. The van der Waals surface area contributed by atoms with Crippen molar-refractivity contribution in [2.75, 3.05) is 14.2 Å². The van der Waals surface area contributed by atoms with Crippen molar-refractivity contribution in [1.82, 2.24) is 5.32 Å². The van der Waals surface area contributed by atoms with Gasteiger partial charge in [0.05, 0.1) is 7.11 Å². The summed E-state index contributed by atoms with van der Waals surface area (Å²) in [5.74, 6) is -0.886. The highest BCUT2D eigenvalue weighted by Crippen LogP contribution is 2.29. The van der Waals surface area contributed by atoms with Crippen LogP contribution in [0.25, 0.3) is 0 Å². The first-order valence-electron chi connectivity index (χ1n) is 5.49. The second kappa shape index (κ2) is 5.48. The molecule has 0 spiro atoms. The van der Waals surface area contributed by atoms with Crippen LogP contribution in [0.1, 0.15) is 18.9 Å². The van der Waals surface area contributed by atoms with Gasteiger partial charge in [-0.05, 0) is 12.0 Å². The van der Waals surface area contributed by atoms with E-state index in [-0.39, 0.29) is 5.91 Å². The molecule has 17 heavy (non-hydrogen) atoms. The summed E-state index contributed by atoms with van der Waals surface area (Å²) in [6, 6.07) is 8.95. The molecule has 0 saturated carbocycles. The normalized spacial score (nSPS) is 13.6. The van der Waals surface area contributed by atoms with Gasteiger partial charge in [-0.15, -0.1) is 0 Å². The zero-order valence-electron chi connectivity index (χ0n) is 10.3. The first-order chi connectivity index (χ1) is 8.13. The first-order valence-corrected chi connectivity index (χ1v) is 5.49. The lowest BCUT2D eigenvalue weighted by atomic mass is 9.77. The van der Waals surface area contributed by atoms with Gasteiger partial charge in [0.25, 0.3) is 0 Å². The average Bonchev–Trinajstić information content (AvgIpc) is 2.40. The minimum atomic E-state index is -1.26. The Bertz CT molecular complexity index is 384. The highest BCUT2D eigenvalue weighted by molar-refractivity contribution is 6.08. The van der Waals surface area contributed by atoms with Gasteiger partial charge >= 0.3 is 5.97 Å². The Morgan fingerprint density at radius 1 is 1.29 bits per heavy atom. The Balaban J connectivity index is 3.36. The molecule has 4 nitrogen and oxygen atoms in total. The molecule has 0 radical (unpaired) electrons. The molecule has 0 aromatic heterocycles. The van der Waals surface area contributed by atoms with Crippen LogP contribution >= 0.6 is 0 Å². The van der Waals surface area contributed by atoms with Crippen LogP contribution in [0.15, 0.2) is 30.3 Å². The molecular weight excluding hydrogens is 218 g/mol. The maximum absolute atomic E-state index is 12.1. The average molecular weight is 235 g/mol. The molecule has 1 rings (SSSR count). The van der Waals surface area contributed by atoms with Gasteiger partial charge in [0.1, 0.15) is 0 Å². The van der Waals surface area contributed by atoms with E-state index in [0.717, 1.165) is 0 Å². The molecule has 0 aliphatic heterocycles. The van der Waals surface area contributed by atoms with Crippen LogP contribution in [-0.4, -0.2) is 26.0 Å². The van der Waals surface area contributed by atoms with Gasteiger partial charge < -0.3 is 10.1 Å². The number of hydrogen-bond acceptors (Lipinski definition) is 3. The van der Waals surface area contributed by atoms with E-state index < -0.39 is 11.4 Å². The van der Waals surface area contributed by atoms with Gasteiger partial charge in [0.2, 0.25) is 5.91 Å². The monoisotopic (exact) mass is 235 g/mol. The molecule has 4 heteroatoms. The molecule has 1 N–H and O–H groups in total. The summed E-state index contributed by atoms with van der Waals surface area (Å²) in [5, 5.41) is 2.53. The Kier molecular flexibility index (Phi) is 4.26. The molecule has 1 aromatic rings. The summed E-state index contributed by atoms with van der Waals surface area (Å²) in [6.45, 7) is 1.79. The van der Waals surface area contributed by atoms with Gasteiger partial charge in [-0.25, -0.2) is 0 Å². The van der Waals surface area contributed by atoms with Crippen molar-refractivity contribution in [2.24, 2.45) is 0 Å². The van der Waals surface area contributed by atoms with Crippen molar-refractivity contribution in [3.05, 3.63) is 35.9 Å². The van der Waals surface area contributed by atoms with Crippen LogP contribution in [0.2, 0.25) is 0 Å². The molecule has 0 unspecified atom stereocenters. The van der Waals surface area contributed by atoms with Crippen LogP contribution in [-0.2, 0) is 19.7 Å². The van der Waals surface area contributed by atoms with Crippen LogP contribution in [0.5, 0.6) is 0 Å². The van der Waals surface area contributed by atoms with Crippen LogP contribution in [0, 0.1) is 0 Å². The van der Waals surface area contributed by atoms with E-state index in [0.29, 0.717) is 12.0 Å². The number of benzene rings is 1. The number of methoxy groups -OCH3 is 1. The SMILES string of the molecule is CC[C@](C(=O)NC)(C(=O)OC)c1ccccc1. The highest BCUT2D eigenvalue weighted by Gasteiger charge is 2.46. The van der Waals surface area contributed by atoms with Crippen LogP contribution in [0.3, 0.4) is 0 Å². The fourth-order valence-corrected chi connectivity index (χ4v) is 1.96. The van der Waals surface area contributed by atoms with E-state index in [9.17, 15) is 9.59 Å². The fourth-order valence-electron chi connectivity index (χ4n) is 1.96. The molecule has 1 atom stereocenters. The number of nitrogens with one attached hydrogen (secondary N) is 1. The standard InChI is InChI=1S/C13H17NO3/c1-4-13(11(15)14-2,12(16)17-3)10-8-6-5-7-9-10/h5-9H,4H2,1-3H3,(H,14,15)/t13-/m0/s1. The van der Waals surface area contributed by atoms with E-state index in [2.05, 4.69) is 5.32 Å². The third-order valence-corrected chi connectivity index (χ3v) is 2.95. The van der Waals surface area contributed by atoms with Crippen molar-refractivity contribution in [1.29, 1.82) is 0 Å².